The van der Waals surface area contributed by atoms with Crippen LogP contribution in [0.4, 0.5) is 0 Å². The van der Waals surface area contributed by atoms with Crippen molar-refractivity contribution in [1.29, 1.82) is 0 Å². The third-order valence-corrected chi connectivity index (χ3v) is 8.74. The van der Waals surface area contributed by atoms with Crippen LogP contribution in [0.2, 0.25) is 0 Å². The lowest BCUT2D eigenvalue weighted by atomic mass is 9.77. The summed E-state index contributed by atoms with van der Waals surface area (Å²) in [6.45, 7) is 4.61. The van der Waals surface area contributed by atoms with E-state index in [1.54, 1.807) is 0 Å². The first-order chi connectivity index (χ1) is 19.6. The molecule has 192 valence electrons. The maximum atomic E-state index is 5.00. The Bertz CT molecular complexity index is 1830. The highest BCUT2D eigenvalue weighted by atomic mass is 32.2. The molecule has 0 radical (unpaired) electrons. The van der Waals surface area contributed by atoms with Gasteiger partial charge in [0.1, 0.15) is 0 Å². The Morgan fingerprint density at radius 2 is 0.875 bits per heavy atom. The highest BCUT2D eigenvalue weighted by molar-refractivity contribution is 7.99. The number of hydrogen-bond donors (Lipinski definition) is 0. The minimum atomic E-state index is -0.0737. The Balaban J connectivity index is 1.33. The van der Waals surface area contributed by atoms with Gasteiger partial charge in [-0.3, -0.25) is 0 Å². The van der Waals surface area contributed by atoms with Crippen molar-refractivity contribution < 1.29 is 0 Å². The zero-order chi connectivity index (χ0) is 27.1. The fourth-order valence-corrected chi connectivity index (χ4v) is 6.83. The summed E-state index contributed by atoms with van der Waals surface area (Å²) in [4.78, 5) is 17.4. The van der Waals surface area contributed by atoms with Gasteiger partial charge in [0.2, 0.25) is 0 Å². The number of fused-ring (bicyclic) bond motifs is 2. The molecule has 1 aliphatic heterocycles. The maximum absolute atomic E-state index is 5.00. The van der Waals surface area contributed by atoms with Crippen LogP contribution >= 0.6 is 11.8 Å². The normalized spacial score (nSPS) is 13.3. The number of rotatable bonds is 4. The SMILES string of the molecule is CC1(C)c2ccccc2Sc2cc(-c3nc(-c4ccccc4)nc(-c4ccc(-c5ccccc5)cc4)n3)ccc21. The second-order valence-electron chi connectivity index (χ2n) is 10.5. The molecule has 0 saturated carbocycles. The van der Waals surface area contributed by atoms with Crippen molar-refractivity contribution in [2.45, 2.75) is 29.1 Å². The summed E-state index contributed by atoms with van der Waals surface area (Å²) in [6.07, 6.45) is 0. The zero-order valence-corrected chi connectivity index (χ0v) is 23.2. The molecule has 1 aliphatic rings. The summed E-state index contributed by atoms with van der Waals surface area (Å²) >= 11 is 1.82. The Labute approximate surface area is 239 Å². The molecule has 0 fully saturated rings. The molecule has 0 aliphatic carbocycles. The number of hydrogen-bond acceptors (Lipinski definition) is 4. The van der Waals surface area contributed by atoms with Gasteiger partial charge in [-0.15, -0.1) is 0 Å². The van der Waals surface area contributed by atoms with Crippen LogP contribution in [0.5, 0.6) is 0 Å². The second kappa shape index (κ2) is 9.89. The molecule has 3 nitrogen and oxygen atoms in total. The van der Waals surface area contributed by atoms with E-state index in [0.717, 1.165) is 22.3 Å². The van der Waals surface area contributed by atoms with Crippen molar-refractivity contribution in [2.24, 2.45) is 0 Å². The molecule has 6 aromatic rings. The molecule has 0 bridgehead atoms. The molecule has 4 heteroatoms. The first kappa shape index (κ1) is 24.5. The monoisotopic (exact) mass is 533 g/mol. The molecule has 0 atom stereocenters. The second-order valence-corrected chi connectivity index (χ2v) is 11.6. The third-order valence-electron chi connectivity index (χ3n) is 7.61. The summed E-state index contributed by atoms with van der Waals surface area (Å²) in [6, 6.07) is 44.3. The van der Waals surface area contributed by atoms with Gasteiger partial charge < -0.3 is 0 Å². The molecule has 7 rings (SSSR count). The average molecular weight is 534 g/mol. The molecule has 0 saturated heterocycles. The van der Waals surface area contributed by atoms with Gasteiger partial charge in [-0.25, -0.2) is 15.0 Å². The molecular weight excluding hydrogens is 506 g/mol. The molecule has 0 spiro atoms. The maximum Gasteiger partial charge on any atom is 0.164 e. The Hall–Kier alpha value is -4.54. The Morgan fingerprint density at radius 3 is 1.55 bits per heavy atom. The number of nitrogens with zero attached hydrogens (tertiary/aromatic N) is 3. The molecule has 2 heterocycles. The largest absolute Gasteiger partial charge is 0.208 e. The lowest BCUT2D eigenvalue weighted by molar-refractivity contribution is 0.607. The van der Waals surface area contributed by atoms with Gasteiger partial charge in [-0.2, -0.15) is 0 Å². The smallest absolute Gasteiger partial charge is 0.164 e. The fraction of sp³-hybridized carbons (Fsp3) is 0.0833. The van der Waals surface area contributed by atoms with Gasteiger partial charge in [0.15, 0.2) is 17.5 Å². The van der Waals surface area contributed by atoms with E-state index in [4.69, 9.17) is 15.0 Å². The van der Waals surface area contributed by atoms with Crippen LogP contribution in [-0.4, -0.2) is 15.0 Å². The first-order valence-corrected chi connectivity index (χ1v) is 14.3. The van der Waals surface area contributed by atoms with E-state index >= 15 is 0 Å². The van der Waals surface area contributed by atoms with Crippen molar-refractivity contribution in [1.82, 2.24) is 15.0 Å². The summed E-state index contributed by atoms with van der Waals surface area (Å²) in [5.74, 6) is 2.01. The molecular formula is C36H27N3S. The molecule has 0 amide bonds. The van der Waals surface area contributed by atoms with Crippen molar-refractivity contribution in [2.75, 3.05) is 0 Å². The topological polar surface area (TPSA) is 38.7 Å². The van der Waals surface area contributed by atoms with E-state index in [2.05, 4.69) is 105 Å². The highest BCUT2D eigenvalue weighted by Gasteiger charge is 2.33. The van der Waals surface area contributed by atoms with Crippen molar-refractivity contribution in [3.05, 3.63) is 139 Å². The Kier molecular flexibility index (Phi) is 6.06. The van der Waals surface area contributed by atoms with Crippen LogP contribution in [-0.2, 0) is 5.41 Å². The summed E-state index contributed by atoms with van der Waals surface area (Å²) < 4.78 is 0. The predicted octanol–water partition coefficient (Wildman–Crippen LogP) is 9.33. The molecule has 40 heavy (non-hydrogen) atoms. The zero-order valence-electron chi connectivity index (χ0n) is 22.4. The molecule has 1 aromatic heterocycles. The lowest BCUT2D eigenvalue weighted by Gasteiger charge is -2.34. The van der Waals surface area contributed by atoms with Crippen LogP contribution in [0.25, 0.3) is 45.3 Å². The summed E-state index contributed by atoms with van der Waals surface area (Å²) in [5, 5.41) is 0. The fourth-order valence-electron chi connectivity index (χ4n) is 5.39. The van der Waals surface area contributed by atoms with Crippen LogP contribution in [0.1, 0.15) is 25.0 Å². The number of benzene rings is 5. The third kappa shape index (κ3) is 4.41. The van der Waals surface area contributed by atoms with E-state index in [1.807, 2.05) is 48.2 Å². The van der Waals surface area contributed by atoms with E-state index in [0.29, 0.717) is 17.5 Å². The van der Waals surface area contributed by atoms with Crippen LogP contribution < -0.4 is 0 Å². The van der Waals surface area contributed by atoms with E-state index in [9.17, 15) is 0 Å². The molecule has 5 aromatic carbocycles. The minimum absolute atomic E-state index is 0.0737. The van der Waals surface area contributed by atoms with Gasteiger partial charge in [0.05, 0.1) is 0 Å². The van der Waals surface area contributed by atoms with E-state index in [1.165, 1.54) is 26.5 Å². The lowest BCUT2D eigenvalue weighted by Crippen LogP contribution is -2.23. The predicted molar refractivity (Wildman–Crippen MR) is 164 cm³/mol. The average Bonchev–Trinajstić information content (AvgIpc) is 3.01. The van der Waals surface area contributed by atoms with Crippen molar-refractivity contribution >= 4 is 11.8 Å². The van der Waals surface area contributed by atoms with Crippen LogP contribution in [0.3, 0.4) is 0 Å². The highest BCUT2D eigenvalue weighted by Crippen LogP contribution is 2.49. The van der Waals surface area contributed by atoms with Crippen molar-refractivity contribution in [3.63, 3.8) is 0 Å². The van der Waals surface area contributed by atoms with E-state index < -0.39 is 0 Å². The first-order valence-electron chi connectivity index (χ1n) is 13.5. The van der Waals surface area contributed by atoms with Crippen LogP contribution in [0, 0.1) is 0 Å². The summed E-state index contributed by atoms with van der Waals surface area (Å²) in [7, 11) is 0. The van der Waals surface area contributed by atoms with Crippen LogP contribution in [0.15, 0.2) is 137 Å². The molecule has 0 N–H and O–H groups in total. The van der Waals surface area contributed by atoms with Gasteiger partial charge >= 0.3 is 0 Å². The number of aromatic nitrogens is 3. The standard InChI is InChI=1S/C36H27N3S/c1-36(2)29-15-9-10-16-31(29)40-32-23-28(21-22-30(32)36)35-38-33(26-13-7-4-8-14-26)37-34(39-35)27-19-17-25(18-20-27)24-11-5-3-6-12-24/h3-23H,1-2H3. The minimum Gasteiger partial charge on any atom is -0.208 e. The Morgan fingerprint density at radius 1 is 0.425 bits per heavy atom. The van der Waals surface area contributed by atoms with Gasteiger partial charge in [-0.05, 0) is 34.4 Å². The summed E-state index contributed by atoms with van der Waals surface area (Å²) in [5.41, 5.74) is 7.89. The quantitative estimate of drug-likeness (QED) is 0.226. The van der Waals surface area contributed by atoms with Gasteiger partial charge in [0, 0.05) is 31.9 Å². The molecule has 0 unspecified atom stereocenters. The van der Waals surface area contributed by atoms with Crippen molar-refractivity contribution in [3.8, 4) is 45.3 Å². The van der Waals surface area contributed by atoms with Gasteiger partial charge in [-0.1, -0.05) is 141 Å². The van der Waals surface area contributed by atoms with Gasteiger partial charge in [0.25, 0.3) is 0 Å². The van der Waals surface area contributed by atoms with E-state index in [-0.39, 0.29) is 5.41 Å².